The molecule has 0 aromatic carbocycles. The first kappa shape index (κ1) is 13.6. The monoisotopic (exact) mass is 256 g/mol. The summed E-state index contributed by atoms with van der Waals surface area (Å²) in [6.45, 7) is 7.99. The molecule has 19 heavy (non-hydrogen) atoms. The summed E-state index contributed by atoms with van der Waals surface area (Å²) in [6, 6.07) is 4.01. The van der Waals surface area contributed by atoms with Crippen molar-refractivity contribution in [1.29, 1.82) is 0 Å². The fraction of sp³-hybridized carbons (Fsp3) is 0.400. The van der Waals surface area contributed by atoms with Crippen LogP contribution in [0.4, 0.5) is 0 Å². The molecule has 0 spiro atoms. The minimum Gasteiger partial charge on any atom is -0.311 e. The molecule has 0 aliphatic heterocycles. The SMILES string of the molecule is CCCNCc1cc(C)nc(-c2cnccc2C)n1. The third kappa shape index (κ3) is 3.58. The molecule has 1 N–H and O–H groups in total. The van der Waals surface area contributed by atoms with Gasteiger partial charge >= 0.3 is 0 Å². The predicted molar refractivity (Wildman–Crippen MR) is 76.7 cm³/mol. The van der Waals surface area contributed by atoms with Gasteiger partial charge in [0.1, 0.15) is 0 Å². The van der Waals surface area contributed by atoms with Crippen molar-refractivity contribution in [2.24, 2.45) is 0 Å². The highest BCUT2D eigenvalue weighted by atomic mass is 14.9. The molecular weight excluding hydrogens is 236 g/mol. The van der Waals surface area contributed by atoms with Crippen LogP contribution in [0.25, 0.3) is 11.4 Å². The lowest BCUT2D eigenvalue weighted by atomic mass is 10.1. The van der Waals surface area contributed by atoms with E-state index in [0.29, 0.717) is 0 Å². The topological polar surface area (TPSA) is 50.7 Å². The molecule has 0 atom stereocenters. The number of pyridine rings is 1. The van der Waals surface area contributed by atoms with Crippen molar-refractivity contribution < 1.29 is 0 Å². The number of nitrogens with zero attached hydrogens (tertiary/aromatic N) is 3. The summed E-state index contributed by atoms with van der Waals surface area (Å²) in [5, 5.41) is 3.37. The first-order valence-corrected chi connectivity index (χ1v) is 6.67. The molecule has 0 fully saturated rings. The Morgan fingerprint density at radius 1 is 1.21 bits per heavy atom. The standard InChI is InChI=1S/C15H20N4/c1-4-6-16-9-13-8-12(3)18-15(19-13)14-10-17-7-5-11(14)2/h5,7-8,10,16H,4,6,9H2,1-3H3. The van der Waals surface area contributed by atoms with Crippen LogP contribution >= 0.6 is 0 Å². The third-order valence-electron chi connectivity index (χ3n) is 2.92. The number of hydrogen-bond acceptors (Lipinski definition) is 4. The van der Waals surface area contributed by atoms with Crippen LogP contribution in [0.5, 0.6) is 0 Å². The zero-order chi connectivity index (χ0) is 13.7. The zero-order valence-electron chi connectivity index (χ0n) is 11.8. The molecule has 2 rings (SSSR count). The second kappa shape index (κ2) is 6.38. The van der Waals surface area contributed by atoms with Crippen molar-refractivity contribution in [3.8, 4) is 11.4 Å². The maximum atomic E-state index is 4.62. The smallest absolute Gasteiger partial charge is 0.161 e. The van der Waals surface area contributed by atoms with Crippen molar-refractivity contribution >= 4 is 0 Å². The Morgan fingerprint density at radius 3 is 2.79 bits per heavy atom. The lowest BCUT2D eigenvalue weighted by molar-refractivity contribution is 0.662. The van der Waals surface area contributed by atoms with E-state index < -0.39 is 0 Å². The fourth-order valence-corrected chi connectivity index (χ4v) is 1.94. The van der Waals surface area contributed by atoms with Gasteiger partial charge in [-0.15, -0.1) is 0 Å². The fourth-order valence-electron chi connectivity index (χ4n) is 1.94. The molecule has 0 radical (unpaired) electrons. The van der Waals surface area contributed by atoms with Gasteiger partial charge in [-0.05, 0) is 44.5 Å². The number of aryl methyl sites for hydroxylation is 2. The van der Waals surface area contributed by atoms with Crippen molar-refractivity contribution in [3.63, 3.8) is 0 Å². The quantitative estimate of drug-likeness (QED) is 0.836. The second-order valence-electron chi connectivity index (χ2n) is 4.69. The first-order valence-electron chi connectivity index (χ1n) is 6.67. The van der Waals surface area contributed by atoms with Crippen LogP contribution < -0.4 is 5.32 Å². The normalized spacial score (nSPS) is 10.7. The van der Waals surface area contributed by atoms with Crippen molar-refractivity contribution in [3.05, 3.63) is 41.5 Å². The lowest BCUT2D eigenvalue weighted by Gasteiger charge is -2.08. The molecule has 0 bridgehead atoms. The van der Waals surface area contributed by atoms with Crippen LogP contribution in [-0.2, 0) is 6.54 Å². The Hall–Kier alpha value is -1.81. The Labute approximate surface area is 114 Å². The zero-order valence-corrected chi connectivity index (χ0v) is 11.8. The van der Waals surface area contributed by atoms with E-state index in [0.717, 1.165) is 47.8 Å². The van der Waals surface area contributed by atoms with Crippen LogP contribution in [0, 0.1) is 13.8 Å². The van der Waals surface area contributed by atoms with Crippen LogP contribution in [0.2, 0.25) is 0 Å². The van der Waals surface area contributed by atoms with Crippen LogP contribution in [-0.4, -0.2) is 21.5 Å². The number of rotatable bonds is 5. The largest absolute Gasteiger partial charge is 0.311 e. The molecule has 2 aromatic rings. The maximum absolute atomic E-state index is 4.62. The van der Waals surface area contributed by atoms with Gasteiger partial charge in [0.2, 0.25) is 0 Å². The molecule has 4 heteroatoms. The molecule has 0 amide bonds. The molecule has 0 unspecified atom stereocenters. The number of hydrogen-bond donors (Lipinski definition) is 1. The molecular formula is C15H20N4. The Bertz CT molecular complexity index is 552. The summed E-state index contributed by atoms with van der Waals surface area (Å²) >= 11 is 0. The van der Waals surface area contributed by atoms with E-state index in [1.807, 2.05) is 25.3 Å². The van der Waals surface area contributed by atoms with E-state index in [2.05, 4.69) is 34.1 Å². The average Bonchev–Trinajstić information content (AvgIpc) is 2.39. The van der Waals surface area contributed by atoms with Gasteiger partial charge in [-0.2, -0.15) is 0 Å². The number of nitrogens with one attached hydrogen (secondary N) is 1. The molecule has 0 aliphatic carbocycles. The highest BCUT2D eigenvalue weighted by Gasteiger charge is 2.07. The minimum absolute atomic E-state index is 0.763. The average molecular weight is 256 g/mol. The first-order chi connectivity index (χ1) is 9.20. The van der Waals surface area contributed by atoms with E-state index in [-0.39, 0.29) is 0 Å². The van der Waals surface area contributed by atoms with Gasteiger partial charge in [0.15, 0.2) is 5.82 Å². The summed E-state index contributed by atoms with van der Waals surface area (Å²) in [5.41, 5.74) is 4.16. The van der Waals surface area contributed by atoms with Crippen LogP contribution in [0.1, 0.15) is 30.3 Å². The highest BCUT2D eigenvalue weighted by molar-refractivity contribution is 5.58. The van der Waals surface area contributed by atoms with E-state index in [1.165, 1.54) is 0 Å². The van der Waals surface area contributed by atoms with E-state index >= 15 is 0 Å². The summed E-state index contributed by atoms with van der Waals surface area (Å²) in [6.07, 6.45) is 4.74. The molecule has 4 nitrogen and oxygen atoms in total. The van der Waals surface area contributed by atoms with Gasteiger partial charge in [-0.25, -0.2) is 9.97 Å². The van der Waals surface area contributed by atoms with E-state index in [1.54, 1.807) is 6.20 Å². The Morgan fingerprint density at radius 2 is 2.05 bits per heavy atom. The van der Waals surface area contributed by atoms with Gasteiger partial charge < -0.3 is 5.32 Å². The van der Waals surface area contributed by atoms with Gasteiger partial charge in [0, 0.05) is 30.2 Å². The lowest BCUT2D eigenvalue weighted by Crippen LogP contribution is -2.15. The second-order valence-corrected chi connectivity index (χ2v) is 4.69. The molecule has 100 valence electrons. The molecule has 0 saturated heterocycles. The van der Waals surface area contributed by atoms with E-state index in [9.17, 15) is 0 Å². The molecule has 2 heterocycles. The predicted octanol–water partition coefficient (Wildman–Crippen LogP) is 2.66. The summed E-state index contributed by atoms with van der Waals surface area (Å²) < 4.78 is 0. The summed E-state index contributed by atoms with van der Waals surface area (Å²) in [4.78, 5) is 13.3. The summed E-state index contributed by atoms with van der Waals surface area (Å²) in [7, 11) is 0. The van der Waals surface area contributed by atoms with Crippen LogP contribution in [0.15, 0.2) is 24.5 Å². The van der Waals surface area contributed by atoms with Crippen molar-refractivity contribution in [2.45, 2.75) is 33.7 Å². The van der Waals surface area contributed by atoms with Crippen LogP contribution in [0.3, 0.4) is 0 Å². The van der Waals surface area contributed by atoms with Gasteiger partial charge in [-0.3, -0.25) is 4.98 Å². The maximum Gasteiger partial charge on any atom is 0.161 e. The van der Waals surface area contributed by atoms with Crippen molar-refractivity contribution in [1.82, 2.24) is 20.3 Å². The Balaban J connectivity index is 2.29. The number of aromatic nitrogens is 3. The van der Waals surface area contributed by atoms with Gasteiger partial charge in [0.05, 0.1) is 5.69 Å². The minimum atomic E-state index is 0.763. The molecule has 0 saturated carbocycles. The van der Waals surface area contributed by atoms with E-state index in [4.69, 9.17) is 0 Å². The van der Waals surface area contributed by atoms with Gasteiger partial charge in [-0.1, -0.05) is 6.92 Å². The highest BCUT2D eigenvalue weighted by Crippen LogP contribution is 2.18. The summed E-state index contributed by atoms with van der Waals surface area (Å²) in [5.74, 6) is 0.763. The molecule has 2 aromatic heterocycles. The molecule has 0 aliphatic rings. The third-order valence-corrected chi connectivity index (χ3v) is 2.92. The Kier molecular flexibility index (Phi) is 4.58. The van der Waals surface area contributed by atoms with Gasteiger partial charge in [0.25, 0.3) is 0 Å². The van der Waals surface area contributed by atoms with Crippen molar-refractivity contribution in [2.75, 3.05) is 6.54 Å².